The second-order valence-electron chi connectivity index (χ2n) is 10.5. The van der Waals surface area contributed by atoms with E-state index < -0.39 is 35.7 Å². The topological polar surface area (TPSA) is 114 Å². The van der Waals surface area contributed by atoms with Crippen LogP contribution in [-0.2, 0) is 23.9 Å². The van der Waals surface area contributed by atoms with E-state index in [2.05, 4.69) is 31.4 Å². The third kappa shape index (κ3) is 6.58. The van der Waals surface area contributed by atoms with Gasteiger partial charge < -0.3 is 20.1 Å². The van der Waals surface area contributed by atoms with Crippen molar-refractivity contribution >= 4 is 23.9 Å². The lowest BCUT2D eigenvalue weighted by Crippen LogP contribution is -2.52. The van der Waals surface area contributed by atoms with Crippen molar-refractivity contribution < 1.29 is 28.7 Å². The molecule has 9 nitrogen and oxygen atoms in total. The van der Waals surface area contributed by atoms with Crippen molar-refractivity contribution in [3.05, 3.63) is 0 Å². The molecule has 3 amide bonds. The second kappa shape index (κ2) is 9.44. The number of ether oxygens (including phenoxy) is 2. The number of likely N-dealkylation sites (tertiary alicyclic amines) is 1. The molecular weight excluding hydrogens is 402 g/mol. The zero-order valence-electron chi connectivity index (χ0n) is 19.7. The lowest BCUT2D eigenvalue weighted by molar-refractivity contribution is -0.146. The summed E-state index contributed by atoms with van der Waals surface area (Å²) in [5.74, 6) is -1.45. The molecule has 0 saturated carbocycles. The molecule has 9 heteroatoms. The predicted octanol–water partition coefficient (Wildman–Crippen LogP) is 1.84. The monoisotopic (exact) mass is 439 g/mol. The Balaban J connectivity index is 2.19. The normalized spacial score (nSPS) is 25.1. The summed E-state index contributed by atoms with van der Waals surface area (Å²) in [5.41, 5.74) is -0.804. The summed E-state index contributed by atoms with van der Waals surface area (Å²) >= 11 is 0. The molecular formula is C22H37N3O6. The Bertz CT molecular complexity index is 709. The first kappa shape index (κ1) is 24.9. The van der Waals surface area contributed by atoms with Gasteiger partial charge in [-0.15, -0.1) is 0 Å². The van der Waals surface area contributed by atoms with Gasteiger partial charge in [-0.3, -0.25) is 14.5 Å². The second-order valence-corrected chi connectivity index (χ2v) is 10.5. The Hall–Kier alpha value is -2.32. The first-order valence-electron chi connectivity index (χ1n) is 10.9. The molecule has 4 atom stereocenters. The maximum Gasteiger partial charge on any atom is 0.410 e. The van der Waals surface area contributed by atoms with Crippen LogP contribution in [0.3, 0.4) is 0 Å². The minimum Gasteiger partial charge on any atom is -0.467 e. The third-order valence-corrected chi connectivity index (χ3v) is 5.94. The molecule has 2 rings (SSSR count). The van der Waals surface area contributed by atoms with Crippen molar-refractivity contribution in [1.82, 2.24) is 15.5 Å². The van der Waals surface area contributed by atoms with Crippen molar-refractivity contribution in [2.24, 2.45) is 17.3 Å². The van der Waals surface area contributed by atoms with Gasteiger partial charge in [0.2, 0.25) is 11.8 Å². The average Bonchev–Trinajstić information content (AvgIpc) is 3.25. The van der Waals surface area contributed by atoms with E-state index in [4.69, 9.17) is 9.47 Å². The Morgan fingerprint density at radius 2 is 1.84 bits per heavy atom. The molecule has 2 unspecified atom stereocenters. The van der Waals surface area contributed by atoms with E-state index >= 15 is 0 Å². The number of amides is 3. The molecule has 176 valence electrons. The molecule has 0 spiro atoms. The van der Waals surface area contributed by atoms with Gasteiger partial charge in [-0.2, -0.15) is 0 Å². The van der Waals surface area contributed by atoms with Gasteiger partial charge >= 0.3 is 12.1 Å². The Morgan fingerprint density at radius 1 is 1.19 bits per heavy atom. The van der Waals surface area contributed by atoms with E-state index in [0.29, 0.717) is 25.9 Å². The minimum atomic E-state index is -0.958. The number of methoxy groups -OCH3 is 1. The van der Waals surface area contributed by atoms with Crippen LogP contribution < -0.4 is 10.6 Å². The van der Waals surface area contributed by atoms with Crippen LogP contribution in [0.4, 0.5) is 4.79 Å². The smallest absolute Gasteiger partial charge is 0.410 e. The Kier molecular flexibility index (Phi) is 7.60. The van der Waals surface area contributed by atoms with E-state index in [1.165, 1.54) is 12.0 Å². The minimum absolute atomic E-state index is 0.0907. The summed E-state index contributed by atoms with van der Waals surface area (Å²) < 4.78 is 10.4. The van der Waals surface area contributed by atoms with Gasteiger partial charge in [0.05, 0.1) is 7.11 Å². The molecule has 2 aliphatic heterocycles. The first-order valence-corrected chi connectivity index (χ1v) is 10.9. The highest BCUT2D eigenvalue weighted by Gasteiger charge is 2.46. The van der Waals surface area contributed by atoms with Gasteiger partial charge in [0.1, 0.15) is 17.7 Å². The van der Waals surface area contributed by atoms with Gasteiger partial charge in [0, 0.05) is 19.0 Å². The summed E-state index contributed by atoms with van der Waals surface area (Å²) in [5, 5.41) is 5.47. The van der Waals surface area contributed by atoms with E-state index in [0.717, 1.165) is 0 Å². The van der Waals surface area contributed by atoms with Crippen molar-refractivity contribution in [2.75, 3.05) is 20.2 Å². The Morgan fingerprint density at radius 3 is 2.32 bits per heavy atom. The van der Waals surface area contributed by atoms with Crippen LogP contribution >= 0.6 is 0 Å². The molecule has 2 saturated heterocycles. The molecule has 0 radical (unpaired) electrons. The molecule has 2 N–H and O–H groups in total. The quantitative estimate of drug-likeness (QED) is 0.632. The standard InChI is InChI=1S/C22H37N3O6/c1-21(2,3)14-11-16(25(12-14)20(29)31-22(4,5)6)18(27)24-15(19(28)30-7)10-13-8-9-23-17(13)26/h13-16H,8-12H2,1-7H3,(H,23,26)(H,24,27)/t13-,14?,15-,16?/m0/s1. The van der Waals surface area contributed by atoms with E-state index in [9.17, 15) is 19.2 Å². The van der Waals surface area contributed by atoms with Crippen LogP contribution in [0.15, 0.2) is 0 Å². The largest absolute Gasteiger partial charge is 0.467 e. The highest BCUT2D eigenvalue weighted by Crippen LogP contribution is 2.37. The van der Waals surface area contributed by atoms with Gasteiger partial charge in [-0.05, 0) is 51.4 Å². The van der Waals surface area contributed by atoms with Crippen LogP contribution in [0.5, 0.6) is 0 Å². The lowest BCUT2D eigenvalue weighted by Gasteiger charge is -2.29. The number of carbonyl (C=O) groups excluding carboxylic acids is 4. The van der Waals surface area contributed by atoms with Gasteiger partial charge in [0.15, 0.2) is 0 Å². The summed E-state index contributed by atoms with van der Waals surface area (Å²) in [6.07, 6.45) is 0.671. The maximum absolute atomic E-state index is 13.2. The lowest BCUT2D eigenvalue weighted by atomic mass is 9.79. The zero-order valence-corrected chi connectivity index (χ0v) is 19.7. The van der Waals surface area contributed by atoms with E-state index in [1.807, 2.05) is 0 Å². The van der Waals surface area contributed by atoms with E-state index in [-0.39, 0.29) is 29.6 Å². The number of rotatable bonds is 5. The van der Waals surface area contributed by atoms with Crippen molar-refractivity contribution in [1.29, 1.82) is 0 Å². The zero-order chi connectivity index (χ0) is 23.6. The summed E-state index contributed by atoms with van der Waals surface area (Å²) in [6.45, 7) is 12.5. The number of hydrogen-bond acceptors (Lipinski definition) is 6. The molecule has 2 aliphatic rings. The van der Waals surface area contributed by atoms with Gasteiger partial charge in [-0.25, -0.2) is 9.59 Å². The fourth-order valence-electron chi connectivity index (χ4n) is 4.01. The van der Waals surface area contributed by atoms with Crippen LogP contribution in [0.1, 0.15) is 60.8 Å². The molecule has 31 heavy (non-hydrogen) atoms. The molecule has 0 aromatic heterocycles. The number of nitrogens with one attached hydrogen (secondary N) is 2. The van der Waals surface area contributed by atoms with Gasteiger partial charge in [0.25, 0.3) is 0 Å². The van der Waals surface area contributed by atoms with Gasteiger partial charge in [-0.1, -0.05) is 20.8 Å². The SMILES string of the molecule is COC(=O)[C@H](C[C@@H]1CCNC1=O)NC(=O)C1CC(C(C)(C)C)CN1C(=O)OC(C)(C)C. The number of nitrogens with zero attached hydrogens (tertiary/aromatic N) is 1. The molecule has 0 aliphatic carbocycles. The number of esters is 1. The highest BCUT2D eigenvalue weighted by atomic mass is 16.6. The third-order valence-electron chi connectivity index (χ3n) is 5.94. The maximum atomic E-state index is 13.2. The van der Waals surface area contributed by atoms with Crippen LogP contribution in [-0.4, -0.2) is 66.7 Å². The van der Waals surface area contributed by atoms with Crippen molar-refractivity contribution in [2.45, 2.75) is 78.5 Å². The fraction of sp³-hybridized carbons (Fsp3) is 0.818. The van der Waals surface area contributed by atoms with E-state index in [1.54, 1.807) is 20.8 Å². The molecule has 0 bridgehead atoms. The highest BCUT2D eigenvalue weighted by molar-refractivity contribution is 5.90. The number of hydrogen-bond donors (Lipinski definition) is 2. The molecule has 0 aromatic carbocycles. The van der Waals surface area contributed by atoms with Crippen LogP contribution in [0.2, 0.25) is 0 Å². The molecule has 0 aromatic rings. The molecule has 2 heterocycles. The Labute approximate surface area is 184 Å². The summed E-state index contributed by atoms with van der Waals surface area (Å²) in [6, 6.07) is -1.72. The summed E-state index contributed by atoms with van der Waals surface area (Å²) in [4.78, 5) is 51.7. The van der Waals surface area contributed by atoms with Crippen LogP contribution in [0, 0.1) is 17.3 Å². The summed E-state index contributed by atoms with van der Waals surface area (Å²) in [7, 11) is 1.24. The fourth-order valence-corrected chi connectivity index (χ4v) is 4.01. The average molecular weight is 440 g/mol. The molecule has 2 fully saturated rings. The van der Waals surface area contributed by atoms with Crippen LogP contribution in [0.25, 0.3) is 0 Å². The van der Waals surface area contributed by atoms with Crippen molar-refractivity contribution in [3.63, 3.8) is 0 Å². The van der Waals surface area contributed by atoms with Crippen molar-refractivity contribution in [3.8, 4) is 0 Å². The number of carbonyl (C=O) groups is 4. The first-order chi connectivity index (χ1) is 14.2. The predicted molar refractivity (Wildman–Crippen MR) is 114 cm³/mol.